The molecule has 1 aliphatic heterocycles. The van der Waals surface area contributed by atoms with Crippen molar-refractivity contribution in [1.29, 1.82) is 5.26 Å². The molecule has 4 nitrogen and oxygen atoms in total. The van der Waals surface area contributed by atoms with Gasteiger partial charge in [-0.2, -0.15) is 5.26 Å². The Balaban J connectivity index is 2.69. The maximum Gasteiger partial charge on any atom is 0.326 e. The zero-order valence-corrected chi connectivity index (χ0v) is 8.58. The molecule has 0 atom stereocenters. The second kappa shape index (κ2) is 4.43. The lowest BCUT2D eigenvalue weighted by atomic mass is 9.82. The Morgan fingerprint density at radius 3 is 2.50 bits per heavy atom. The monoisotopic (exact) mass is 197 g/mol. The van der Waals surface area contributed by atoms with Crippen molar-refractivity contribution in [1.82, 2.24) is 0 Å². The van der Waals surface area contributed by atoms with Crippen LogP contribution in [0, 0.1) is 16.7 Å². The van der Waals surface area contributed by atoms with Gasteiger partial charge in [0, 0.05) is 26.1 Å². The Morgan fingerprint density at radius 2 is 2.07 bits per heavy atom. The summed E-state index contributed by atoms with van der Waals surface area (Å²) >= 11 is 0. The maximum absolute atomic E-state index is 11.7. The van der Waals surface area contributed by atoms with Gasteiger partial charge in [-0.1, -0.05) is 0 Å². The van der Waals surface area contributed by atoms with Gasteiger partial charge in [0.2, 0.25) is 0 Å². The van der Waals surface area contributed by atoms with Crippen LogP contribution in [0.3, 0.4) is 0 Å². The Bertz CT molecular complexity index is 249. The molecule has 14 heavy (non-hydrogen) atoms. The van der Waals surface area contributed by atoms with Gasteiger partial charge in [-0.3, -0.25) is 4.79 Å². The number of hydrogen-bond acceptors (Lipinski definition) is 4. The minimum absolute atomic E-state index is 0.171. The second-order valence-corrected chi connectivity index (χ2v) is 3.76. The van der Waals surface area contributed by atoms with Crippen LogP contribution in [-0.4, -0.2) is 25.3 Å². The summed E-state index contributed by atoms with van der Waals surface area (Å²) in [6.45, 7) is 4.48. The van der Waals surface area contributed by atoms with Gasteiger partial charge in [-0.25, -0.2) is 0 Å². The van der Waals surface area contributed by atoms with Crippen LogP contribution in [0.1, 0.15) is 26.7 Å². The van der Waals surface area contributed by atoms with E-state index in [4.69, 9.17) is 14.7 Å². The summed E-state index contributed by atoms with van der Waals surface area (Å²) in [6.07, 6.45) is 0.708. The molecule has 78 valence electrons. The van der Waals surface area contributed by atoms with Crippen molar-refractivity contribution < 1.29 is 14.3 Å². The molecule has 0 spiro atoms. The van der Waals surface area contributed by atoms with E-state index < -0.39 is 11.4 Å². The number of esters is 1. The molecule has 1 rings (SSSR count). The highest BCUT2D eigenvalue weighted by molar-refractivity contribution is 5.80. The van der Waals surface area contributed by atoms with E-state index in [0.717, 1.165) is 0 Å². The summed E-state index contributed by atoms with van der Waals surface area (Å²) in [5.74, 6) is -0.404. The highest BCUT2D eigenvalue weighted by atomic mass is 16.5. The Morgan fingerprint density at radius 1 is 1.50 bits per heavy atom. The van der Waals surface area contributed by atoms with E-state index in [1.54, 1.807) is 13.8 Å². The van der Waals surface area contributed by atoms with Crippen LogP contribution in [0.2, 0.25) is 0 Å². The first kappa shape index (κ1) is 11.0. The van der Waals surface area contributed by atoms with Gasteiger partial charge in [0.1, 0.15) is 0 Å². The smallest absolute Gasteiger partial charge is 0.326 e. The molecule has 0 aromatic heterocycles. The fourth-order valence-electron chi connectivity index (χ4n) is 1.41. The van der Waals surface area contributed by atoms with E-state index in [2.05, 4.69) is 6.07 Å². The lowest BCUT2D eigenvalue weighted by molar-refractivity contribution is -0.160. The topological polar surface area (TPSA) is 59.3 Å². The summed E-state index contributed by atoms with van der Waals surface area (Å²) in [6, 6.07) is 2.07. The highest BCUT2D eigenvalue weighted by Crippen LogP contribution is 2.31. The molecule has 0 saturated carbocycles. The number of ether oxygens (including phenoxy) is 2. The summed E-state index contributed by atoms with van der Waals surface area (Å²) in [5, 5.41) is 9.02. The minimum atomic E-state index is -0.970. The molecule has 0 amide bonds. The molecule has 0 N–H and O–H groups in total. The molecule has 0 unspecified atom stereocenters. The second-order valence-electron chi connectivity index (χ2n) is 3.76. The van der Waals surface area contributed by atoms with Crippen molar-refractivity contribution in [2.75, 3.05) is 13.2 Å². The largest absolute Gasteiger partial charge is 0.462 e. The first-order valence-corrected chi connectivity index (χ1v) is 4.81. The van der Waals surface area contributed by atoms with Crippen LogP contribution < -0.4 is 0 Å². The number of nitrogens with zero attached hydrogens (tertiary/aromatic N) is 1. The van der Waals surface area contributed by atoms with E-state index in [1.807, 2.05) is 0 Å². The Labute approximate surface area is 83.8 Å². The number of hydrogen-bond donors (Lipinski definition) is 0. The van der Waals surface area contributed by atoms with Gasteiger partial charge in [0.05, 0.1) is 12.2 Å². The molecule has 0 bridgehead atoms. The third-order valence-corrected chi connectivity index (χ3v) is 2.29. The predicted octanol–water partition coefficient (Wildman–Crippen LogP) is 1.26. The fourth-order valence-corrected chi connectivity index (χ4v) is 1.41. The number of carbonyl (C=O) groups excluding carboxylic acids is 1. The van der Waals surface area contributed by atoms with Crippen molar-refractivity contribution in [2.45, 2.75) is 32.8 Å². The molecule has 0 aromatic rings. The van der Waals surface area contributed by atoms with Crippen molar-refractivity contribution in [3.05, 3.63) is 0 Å². The molecule has 1 saturated heterocycles. The highest BCUT2D eigenvalue weighted by Gasteiger charge is 2.42. The summed E-state index contributed by atoms with van der Waals surface area (Å²) < 4.78 is 10.2. The molecule has 1 fully saturated rings. The predicted molar refractivity (Wildman–Crippen MR) is 49.3 cm³/mol. The number of nitriles is 1. The Hall–Kier alpha value is -1.08. The van der Waals surface area contributed by atoms with Gasteiger partial charge < -0.3 is 9.47 Å². The van der Waals surface area contributed by atoms with Crippen molar-refractivity contribution in [2.24, 2.45) is 5.41 Å². The van der Waals surface area contributed by atoms with Crippen LogP contribution in [0.4, 0.5) is 0 Å². The first-order chi connectivity index (χ1) is 6.60. The third kappa shape index (κ3) is 2.24. The van der Waals surface area contributed by atoms with E-state index in [9.17, 15) is 4.79 Å². The summed E-state index contributed by atoms with van der Waals surface area (Å²) in [5.41, 5.74) is -0.970. The molecule has 1 aliphatic rings. The van der Waals surface area contributed by atoms with Gasteiger partial charge in [0.25, 0.3) is 0 Å². The summed E-state index contributed by atoms with van der Waals surface area (Å²) in [4.78, 5) is 11.7. The molecule has 0 aromatic carbocycles. The van der Waals surface area contributed by atoms with Gasteiger partial charge in [-0.15, -0.1) is 0 Å². The number of carbonyl (C=O) groups is 1. The van der Waals surface area contributed by atoms with E-state index in [-0.39, 0.29) is 6.10 Å². The SMILES string of the molecule is CC(C)OC(=O)C1(C#N)CCOCC1. The minimum Gasteiger partial charge on any atom is -0.462 e. The molecule has 4 heteroatoms. The average Bonchev–Trinajstić information content (AvgIpc) is 2.18. The number of rotatable bonds is 2. The van der Waals surface area contributed by atoms with E-state index in [1.165, 1.54) is 0 Å². The Kier molecular flexibility index (Phi) is 3.48. The molecule has 1 heterocycles. The molecular formula is C10H15NO3. The zero-order chi connectivity index (χ0) is 10.6. The molecular weight excluding hydrogens is 182 g/mol. The zero-order valence-electron chi connectivity index (χ0n) is 8.58. The van der Waals surface area contributed by atoms with Crippen LogP contribution in [0.25, 0.3) is 0 Å². The average molecular weight is 197 g/mol. The lowest BCUT2D eigenvalue weighted by Crippen LogP contribution is -2.38. The molecule has 0 aliphatic carbocycles. The van der Waals surface area contributed by atoms with Gasteiger partial charge in [0.15, 0.2) is 5.41 Å². The fraction of sp³-hybridized carbons (Fsp3) is 0.800. The third-order valence-electron chi connectivity index (χ3n) is 2.29. The lowest BCUT2D eigenvalue weighted by Gasteiger charge is -2.28. The van der Waals surface area contributed by atoms with E-state index >= 15 is 0 Å². The van der Waals surface area contributed by atoms with E-state index in [0.29, 0.717) is 26.1 Å². The quantitative estimate of drug-likeness (QED) is 0.625. The van der Waals surface area contributed by atoms with Crippen molar-refractivity contribution >= 4 is 5.97 Å². The van der Waals surface area contributed by atoms with Crippen molar-refractivity contribution in [3.63, 3.8) is 0 Å². The van der Waals surface area contributed by atoms with Crippen molar-refractivity contribution in [3.8, 4) is 6.07 Å². The standard InChI is InChI=1S/C10H15NO3/c1-8(2)14-9(12)10(7-11)3-5-13-6-4-10/h8H,3-6H2,1-2H3. The van der Waals surface area contributed by atoms with Crippen LogP contribution in [0.15, 0.2) is 0 Å². The maximum atomic E-state index is 11.7. The normalized spacial score (nSPS) is 20.1. The molecule has 0 radical (unpaired) electrons. The van der Waals surface area contributed by atoms with Gasteiger partial charge in [-0.05, 0) is 13.8 Å². The first-order valence-electron chi connectivity index (χ1n) is 4.81. The van der Waals surface area contributed by atoms with Crippen LogP contribution in [0.5, 0.6) is 0 Å². The summed E-state index contributed by atoms with van der Waals surface area (Å²) in [7, 11) is 0. The van der Waals surface area contributed by atoms with Crippen LogP contribution in [-0.2, 0) is 14.3 Å². The van der Waals surface area contributed by atoms with Crippen LogP contribution >= 0.6 is 0 Å². The van der Waals surface area contributed by atoms with Gasteiger partial charge >= 0.3 is 5.97 Å².